The van der Waals surface area contributed by atoms with Crippen molar-refractivity contribution in [3.8, 4) is 0 Å². The van der Waals surface area contributed by atoms with Crippen LogP contribution in [0.5, 0.6) is 0 Å². The Morgan fingerprint density at radius 2 is 2.00 bits per heavy atom. The monoisotopic (exact) mass is 354 g/mol. The highest BCUT2D eigenvalue weighted by molar-refractivity contribution is 5.95. The van der Waals surface area contributed by atoms with Crippen molar-refractivity contribution in [1.29, 1.82) is 0 Å². The van der Waals surface area contributed by atoms with Gasteiger partial charge in [-0.3, -0.25) is 4.79 Å². The van der Waals surface area contributed by atoms with E-state index in [0.29, 0.717) is 12.8 Å². The normalized spacial score (nSPS) is 18.7. The number of carbonyl (C=O) groups is 2. The van der Waals surface area contributed by atoms with Crippen LogP contribution in [0.2, 0.25) is 0 Å². The fraction of sp³-hybridized carbons (Fsp3) is 0.438. The van der Waals surface area contributed by atoms with Gasteiger partial charge in [-0.1, -0.05) is 11.2 Å². The second-order valence-corrected chi connectivity index (χ2v) is 6.15. The molecule has 25 heavy (non-hydrogen) atoms. The summed E-state index contributed by atoms with van der Waals surface area (Å²) in [6.45, 7) is 1.88. The van der Waals surface area contributed by atoms with Gasteiger partial charge in [0.2, 0.25) is 5.90 Å². The van der Waals surface area contributed by atoms with Gasteiger partial charge in [-0.05, 0) is 18.6 Å². The maximum atomic E-state index is 14.1. The third-order valence-corrected chi connectivity index (χ3v) is 4.48. The van der Waals surface area contributed by atoms with Gasteiger partial charge in [-0.25, -0.2) is 13.6 Å². The lowest BCUT2D eigenvalue weighted by atomic mass is 9.88. The summed E-state index contributed by atoms with van der Waals surface area (Å²) in [6, 6.07) is 2.35. The summed E-state index contributed by atoms with van der Waals surface area (Å²) in [4.78, 5) is 29.7. The molecule has 2 aliphatic heterocycles. The smallest absolute Gasteiger partial charge is 0.449 e. The molecule has 1 N–H and O–H groups in total. The molecule has 0 saturated carbocycles. The fourth-order valence-electron chi connectivity index (χ4n) is 3.04. The van der Waals surface area contributed by atoms with Gasteiger partial charge < -0.3 is 19.6 Å². The predicted octanol–water partition coefficient (Wildman–Crippen LogP) is 2.68. The molecule has 2 heterocycles. The molecule has 3 rings (SSSR count). The van der Waals surface area contributed by atoms with E-state index in [1.165, 1.54) is 17.9 Å². The molecule has 7 nitrogen and oxygen atoms in total. The summed E-state index contributed by atoms with van der Waals surface area (Å²) in [5, 5.41) is 12.2. The fourth-order valence-corrected chi connectivity index (χ4v) is 3.04. The molecule has 2 aliphatic rings. The van der Waals surface area contributed by atoms with Gasteiger partial charge in [0.15, 0.2) is 0 Å². The zero-order chi connectivity index (χ0) is 18.2. The third kappa shape index (κ3) is 3.26. The van der Waals surface area contributed by atoms with Gasteiger partial charge in [-0.2, -0.15) is 0 Å². The molecule has 1 spiro atoms. The summed E-state index contributed by atoms with van der Waals surface area (Å²) >= 11 is 0. The van der Waals surface area contributed by atoms with Gasteiger partial charge in [0.25, 0.3) is 5.91 Å². The van der Waals surface area contributed by atoms with Crippen LogP contribution in [0.3, 0.4) is 0 Å². The standard InChI is InChI=1S/C16H16F2N2O5/c1-9-2-3-10(17)12(13(9)18)14(21)20-6-4-16(5-7-20)8-11(19-25-16)24-15(22)23/h2-3H,4-8H2,1H3,(H,22,23). The first kappa shape index (κ1) is 17.1. The molecule has 1 saturated heterocycles. The molecule has 0 bridgehead atoms. The van der Waals surface area contributed by atoms with Crippen molar-refractivity contribution >= 4 is 18.0 Å². The molecule has 0 aromatic heterocycles. The number of piperidine rings is 1. The van der Waals surface area contributed by atoms with Crippen LogP contribution in [0.4, 0.5) is 13.6 Å². The van der Waals surface area contributed by atoms with Crippen LogP contribution in [-0.4, -0.2) is 46.7 Å². The largest absolute Gasteiger partial charge is 0.512 e. The number of benzene rings is 1. The number of aryl methyl sites for hydroxylation is 1. The molecule has 9 heteroatoms. The van der Waals surface area contributed by atoms with Gasteiger partial charge in [0.1, 0.15) is 22.8 Å². The first-order valence-electron chi connectivity index (χ1n) is 7.71. The quantitative estimate of drug-likeness (QED) is 0.784. The highest BCUT2D eigenvalue weighted by Gasteiger charge is 2.44. The van der Waals surface area contributed by atoms with Crippen LogP contribution in [0, 0.1) is 18.6 Å². The first-order chi connectivity index (χ1) is 11.8. The maximum Gasteiger partial charge on any atom is 0.512 e. The molecular weight excluding hydrogens is 338 g/mol. The Kier molecular flexibility index (Phi) is 4.32. The van der Waals surface area contributed by atoms with Crippen LogP contribution in [0.1, 0.15) is 35.2 Å². The molecule has 0 unspecified atom stereocenters. The van der Waals surface area contributed by atoms with Crippen molar-refractivity contribution in [3.63, 3.8) is 0 Å². The lowest BCUT2D eigenvalue weighted by Crippen LogP contribution is -2.47. The number of amides is 1. The minimum Gasteiger partial charge on any atom is -0.449 e. The number of likely N-dealkylation sites (tertiary alicyclic amines) is 1. The number of halogens is 2. The number of nitrogens with zero attached hydrogens (tertiary/aromatic N) is 2. The third-order valence-electron chi connectivity index (χ3n) is 4.48. The predicted molar refractivity (Wildman–Crippen MR) is 81.2 cm³/mol. The molecule has 0 atom stereocenters. The van der Waals surface area contributed by atoms with E-state index >= 15 is 0 Å². The van der Waals surface area contributed by atoms with Crippen molar-refractivity contribution in [2.45, 2.75) is 31.8 Å². The van der Waals surface area contributed by atoms with Crippen LogP contribution in [0.25, 0.3) is 0 Å². The Morgan fingerprint density at radius 1 is 1.32 bits per heavy atom. The number of carbonyl (C=O) groups excluding carboxylic acids is 1. The topological polar surface area (TPSA) is 88.4 Å². The van der Waals surface area contributed by atoms with E-state index in [9.17, 15) is 18.4 Å². The molecule has 1 fully saturated rings. The SMILES string of the molecule is Cc1ccc(F)c(C(=O)N2CCC3(CC2)CC(OC(=O)O)=NO3)c1F. The van der Waals surface area contributed by atoms with E-state index in [4.69, 9.17) is 9.94 Å². The minimum atomic E-state index is -1.47. The average Bonchev–Trinajstić information content (AvgIpc) is 2.93. The van der Waals surface area contributed by atoms with Gasteiger partial charge in [-0.15, -0.1) is 0 Å². The summed E-state index contributed by atoms with van der Waals surface area (Å²) in [5.74, 6) is -2.51. The average molecular weight is 354 g/mol. The number of carboxylic acid groups (broad SMARTS) is 1. The molecule has 134 valence electrons. The summed E-state index contributed by atoms with van der Waals surface area (Å²) in [6.07, 6.45) is -0.598. The summed E-state index contributed by atoms with van der Waals surface area (Å²) < 4.78 is 32.5. The van der Waals surface area contributed by atoms with E-state index in [0.717, 1.165) is 6.07 Å². The van der Waals surface area contributed by atoms with E-state index in [1.54, 1.807) is 0 Å². The van der Waals surface area contributed by atoms with Crippen LogP contribution < -0.4 is 0 Å². The second-order valence-electron chi connectivity index (χ2n) is 6.15. The van der Waals surface area contributed by atoms with E-state index < -0.39 is 34.9 Å². The zero-order valence-corrected chi connectivity index (χ0v) is 13.4. The van der Waals surface area contributed by atoms with Gasteiger partial charge in [0, 0.05) is 25.9 Å². The highest BCUT2D eigenvalue weighted by Crippen LogP contribution is 2.35. The zero-order valence-electron chi connectivity index (χ0n) is 13.4. The lowest BCUT2D eigenvalue weighted by Gasteiger charge is -2.37. The van der Waals surface area contributed by atoms with Crippen molar-refractivity contribution in [2.24, 2.45) is 5.16 Å². The van der Waals surface area contributed by atoms with Gasteiger partial charge in [0.05, 0.1) is 6.42 Å². The Hall–Kier alpha value is -2.71. The first-order valence-corrected chi connectivity index (χ1v) is 7.71. The maximum absolute atomic E-state index is 14.1. The number of oxime groups is 1. The minimum absolute atomic E-state index is 0.0388. The molecule has 1 amide bonds. The Balaban J connectivity index is 1.67. The van der Waals surface area contributed by atoms with Crippen LogP contribution in [0.15, 0.2) is 17.3 Å². The van der Waals surface area contributed by atoms with E-state index in [2.05, 4.69) is 9.89 Å². The Morgan fingerprint density at radius 3 is 2.64 bits per heavy atom. The Labute approximate surface area is 141 Å². The molecule has 1 aromatic carbocycles. The molecular formula is C16H16F2N2O5. The summed E-state index contributed by atoms with van der Waals surface area (Å²) in [5.41, 5.74) is -1.11. The van der Waals surface area contributed by atoms with Crippen molar-refractivity contribution in [1.82, 2.24) is 4.90 Å². The van der Waals surface area contributed by atoms with Crippen molar-refractivity contribution in [2.75, 3.05) is 13.1 Å². The lowest BCUT2D eigenvalue weighted by molar-refractivity contribution is -0.0569. The molecule has 0 aliphatic carbocycles. The van der Waals surface area contributed by atoms with E-state index in [1.807, 2.05) is 0 Å². The highest BCUT2D eigenvalue weighted by atomic mass is 19.1. The van der Waals surface area contributed by atoms with Gasteiger partial charge >= 0.3 is 6.16 Å². The number of ether oxygens (including phenoxy) is 1. The Bertz CT molecular complexity index is 757. The number of hydrogen-bond donors (Lipinski definition) is 1. The van der Waals surface area contributed by atoms with Crippen LogP contribution in [-0.2, 0) is 9.57 Å². The summed E-state index contributed by atoms with van der Waals surface area (Å²) in [7, 11) is 0. The van der Waals surface area contributed by atoms with E-state index in [-0.39, 0.29) is 31.0 Å². The number of hydrogen-bond acceptors (Lipinski definition) is 5. The van der Waals surface area contributed by atoms with Crippen LogP contribution >= 0.6 is 0 Å². The molecule has 0 radical (unpaired) electrons. The number of rotatable bonds is 1. The van der Waals surface area contributed by atoms with Crippen molar-refractivity contribution < 1.29 is 33.1 Å². The second kappa shape index (κ2) is 6.30. The van der Waals surface area contributed by atoms with Crippen molar-refractivity contribution in [3.05, 3.63) is 34.9 Å². The molecule has 1 aromatic rings.